The highest BCUT2D eigenvalue weighted by Crippen LogP contribution is 2.22. The summed E-state index contributed by atoms with van der Waals surface area (Å²) in [6.45, 7) is 2.05. The molecule has 1 saturated heterocycles. The molecule has 152 valence electrons. The summed E-state index contributed by atoms with van der Waals surface area (Å²) in [5.74, 6) is -0.850. The predicted octanol–water partition coefficient (Wildman–Crippen LogP) is 4.32. The number of hydrazine groups is 1. The lowest BCUT2D eigenvalue weighted by molar-refractivity contribution is -0.127. The number of unbranched alkanes of at least 4 members (excludes halogenated alkanes) is 1. The van der Waals surface area contributed by atoms with E-state index in [1.807, 2.05) is 25.1 Å². The average molecular weight is 435 g/mol. The number of nitrogens with one attached hydrogen (secondary N) is 1. The molecular weight excluding hydrogens is 415 g/mol. The van der Waals surface area contributed by atoms with Crippen LogP contribution in [0.15, 0.2) is 54.6 Å². The molecule has 1 aliphatic heterocycles. The predicted molar refractivity (Wildman–Crippen MR) is 112 cm³/mol. The molecule has 1 N–H and O–H groups in total. The molecule has 0 aliphatic carbocycles. The molecule has 0 spiro atoms. The first-order chi connectivity index (χ1) is 13.8. The molecule has 1 aliphatic rings. The van der Waals surface area contributed by atoms with Gasteiger partial charge in [0.25, 0.3) is 22.3 Å². The first-order valence-electron chi connectivity index (χ1n) is 9.04. The van der Waals surface area contributed by atoms with Gasteiger partial charge in [0.2, 0.25) is 0 Å². The monoisotopic (exact) mass is 434 g/mol. The van der Waals surface area contributed by atoms with Crippen molar-refractivity contribution in [3.05, 3.63) is 65.7 Å². The van der Waals surface area contributed by atoms with E-state index in [2.05, 4.69) is 5.43 Å². The number of carbonyl (C=O) groups is 4. The van der Waals surface area contributed by atoms with Gasteiger partial charge in [0.1, 0.15) is 5.92 Å². The standard InChI is InChI=1S/C13H16N2O2.C8H4Cl2O2/c1-2-3-9-11-12(16)14-15(13(11)17)10-7-5-4-6-8-10;9-7(11)5-1-2-6(4-3-5)8(10)12/h4-8,11H,2-3,9H2,1H3,(H,14,16);1-4H. The van der Waals surface area contributed by atoms with Crippen LogP contribution in [0.25, 0.3) is 0 Å². The van der Waals surface area contributed by atoms with Crippen molar-refractivity contribution >= 4 is 51.2 Å². The van der Waals surface area contributed by atoms with Crippen LogP contribution in [0.4, 0.5) is 5.69 Å². The molecule has 1 fully saturated rings. The number of amides is 2. The van der Waals surface area contributed by atoms with E-state index in [0.717, 1.165) is 12.8 Å². The highest BCUT2D eigenvalue weighted by atomic mass is 35.5. The maximum Gasteiger partial charge on any atom is 0.258 e. The van der Waals surface area contributed by atoms with Gasteiger partial charge in [0, 0.05) is 11.1 Å². The summed E-state index contributed by atoms with van der Waals surface area (Å²) >= 11 is 10.4. The van der Waals surface area contributed by atoms with Gasteiger partial charge in [-0.25, -0.2) is 5.01 Å². The molecule has 0 radical (unpaired) electrons. The normalized spacial score (nSPS) is 15.4. The first-order valence-corrected chi connectivity index (χ1v) is 9.80. The van der Waals surface area contributed by atoms with Crippen LogP contribution in [0.3, 0.4) is 0 Å². The fourth-order valence-electron chi connectivity index (χ4n) is 2.68. The van der Waals surface area contributed by atoms with Crippen LogP contribution in [0, 0.1) is 5.92 Å². The minimum atomic E-state index is -0.552. The molecule has 2 amide bonds. The smallest absolute Gasteiger partial charge is 0.258 e. The van der Waals surface area contributed by atoms with Crippen LogP contribution in [-0.2, 0) is 9.59 Å². The number of hydrogen-bond acceptors (Lipinski definition) is 4. The molecule has 0 bridgehead atoms. The Morgan fingerprint density at radius 2 is 1.45 bits per heavy atom. The van der Waals surface area contributed by atoms with Crippen LogP contribution < -0.4 is 10.4 Å². The molecule has 1 atom stereocenters. The van der Waals surface area contributed by atoms with Crippen molar-refractivity contribution in [1.82, 2.24) is 5.43 Å². The van der Waals surface area contributed by atoms with Crippen molar-refractivity contribution in [2.45, 2.75) is 26.2 Å². The number of nitrogens with zero attached hydrogens (tertiary/aromatic N) is 1. The molecule has 2 aromatic rings. The molecule has 0 aromatic heterocycles. The summed E-state index contributed by atoms with van der Waals surface area (Å²) < 4.78 is 0. The third-order valence-electron chi connectivity index (χ3n) is 4.26. The van der Waals surface area contributed by atoms with E-state index in [-0.39, 0.29) is 11.8 Å². The van der Waals surface area contributed by atoms with Crippen LogP contribution >= 0.6 is 23.2 Å². The van der Waals surface area contributed by atoms with E-state index in [0.29, 0.717) is 23.2 Å². The van der Waals surface area contributed by atoms with E-state index >= 15 is 0 Å². The van der Waals surface area contributed by atoms with Crippen molar-refractivity contribution in [3.63, 3.8) is 0 Å². The van der Waals surface area contributed by atoms with E-state index in [1.54, 1.807) is 12.1 Å². The van der Waals surface area contributed by atoms with Gasteiger partial charge in [-0.2, -0.15) is 0 Å². The lowest BCUT2D eigenvalue weighted by atomic mass is 10.0. The zero-order valence-electron chi connectivity index (χ0n) is 15.7. The second kappa shape index (κ2) is 10.7. The summed E-state index contributed by atoms with van der Waals surface area (Å²) in [4.78, 5) is 44.9. The summed E-state index contributed by atoms with van der Waals surface area (Å²) in [5.41, 5.74) is 4.03. The van der Waals surface area contributed by atoms with Crippen LogP contribution in [0.1, 0.15) is 46.9 Å². The van der Waals surface area contributed by atoms with E-state index in [9.17, 15) is 19.2 Å². The Labute approximate surface area is 178 Å². The highest BCUT2D eigenvalue weighted by Gasteiger charge is 2.39. The van der Waals surface area contributed by atoms with E-state index in [4.69, 9.17) is 23.2 Å². The zero-order valence-corrected chi connectivity index (χ0v) is 17.2. The Balaban J connectivity index is 0.000000221. The summed E-state index contributed by atoms with van der Waals surface area (Å²) in [7, 11) is 0. The van der Waals surface area contributed by atoms with E-state index in [1.165, 1.54) is 29.3 Å². The molecule has 8 heteroatoms. The zero-order chi connectivity index (χ0) is 21.4. The Morgan fingerprint density at radius 3 is 1.90 bits per heavy atom. The van der Waals surface area contributed by atoms with Crippen molar-refractivity contribution < 1.29 is 19.2 Å². The minimum Gasteiger partial charge on any atom is -0.276 e. The van der Waals surface area contributed by atoms with Crippen LogP contribution in [-0.4, -0.2) is 22.3 Å². The topological polar surface area (TPSA) is 83.6 Å². The third kappa shape index (κ3) is 6.14. The number of anilines is 1. The summed E-state index contributed by atoms with van der Waals surface area (Å²) in [6, 6.07) is 15.0. The maximum atomic E-state index is 12.1. The van der Waals surface area contributed by atoms with Gasteiger partial charge >= 0.3 is 0 Å². The maximum absolute atomic E-state index is 12.1. The number of carbonyl (C=O) groups excluding carboxylic acids is 4. The molecule has 29 heavy (non-hydrogen) atoms. The molecule has 1 unspecified atom stereocenters. The van der Waals surface area contributed by atoms with Gasteiger partial charge in [-0.05, 0) is 66.0 Å². The lowest BCUT2D eigenvalue weighted by Gasteiger charge is -2.14. The van der Waals surface area contributed by atoms with Crippen molar-refractivity contribution in [1.29, 1.82) is 0 Å². The van der Waals surface area contributed by atoms with Crippen molar-refractivity contribution in [3.8, 4) is 0 Å². The Kier molecular flexibility index (Phi) is 8.36. The number of rotatable bonds is 6. The molecular formula is C21H20Cl2N2O4. The Hall–Kier alpha value is -2.70. The van der Waals surface area contributed by atoms with Gasteiger partial charge in [0.15, 0.2) is 0 Å². The molecule has 0 saturated carbocycles. The van der Waals surface area contributed by atoms with E-state index < -0.39 is 16.4 Å². The summed E-state index contributed by atoms with van der Waals surface area (Å²) in [6.07, 6.45) is 2.51. The Morgan fingerprint density at radius 1 is 0.931 bits per heavy atom. The number of halogens is 2. The van der Waals surface area contributed by atoms with Crippen LogP contribution in [0.2, 0.25) is 0 Å². The fourth-order valence-corrected chi connectivity index (χ4v) is 2.93. The minimum absolute atomic E-state index is 0.144. The molecule has 3 rings (SSSR count). The van der Waals surface area contributed by atoms with Gasteiger partial charge in [-0.15, -0.1) is 0 Å². The quantitative estimate of drug-likeness (QED) is 0.541. The third-order valence-corrected chi connectivity index (χ3v) is 4.69. The second-order valence-electron chi connectivity index (χ2n) is 6.30. The Bertz CT molecular complexity index is 852. The largest absolute Gasteiger partial charge is 0.276 e. The number of para-hydroxylation sites is 1. The molecule has 1 heterocycles. The van der Waals surface area contributed by atoms with Crippen molar-refractivity contribution in [2.24, 2.45) is 5.92 Å². The highest BCUT2D eigenvalue weighted by molar-refractivity contribution is 6.68. The summed E-state index contributed by atoms with van der Waals surface area (Å²) in [5, 5.41) is 0.245. The van der Waals surface area contributed by atoms with Gasteiger partial charge in [0.05, 0.1) is 5.69 Å². The lowest BCUT2D eigenvalue weighted by Crippen LogP contribution is -2.35. The number of benzene rings is 2. The second-order valence-corrected chi connectivity index (χ2v) is 6.99. The fraction of sp³-hybridized carbons (Fsp3) is 0.238. The first kappa shape index (κ1) is 22.6. The van der Waals surface area contributed by atoms with Gasteiger partial charge in [-0.1, -0.05) is 38.0 Å². The van der Waals surface area contributed by atoms with Crippen molar-refractivity contribution in [2.75, 3.05) is 5.01 Å². The SMILES string of the molecule is CCCCC1C(=O)NN(c2ccccc2)C1=O.O=C(Cl)c1ccc(C(=O)Cl)cc1. The van der Waals surface area contributed by atoms with Gasteiger partial charge in [-0.3, -0.25) is 24.6 Å². The van der Waals surface area contributed by atoms with Gasteiger partial charge < -0.3 is 0 Å². The number of hydrogen-bond donors (Lipinski definition) is 1. The molecule has 6 nitrogen and oxygen atoms in total. The average Bonchev–Trinajstić information content (AvgIpc) is 3.01. The van der Waals surface area contributed by atoms with Crippen LogP contribution in [0.5, 0.6) is 0 Å². The molecule has 2 aromatic carbocycles.